The second-order valence-corrected chi connectivity index (χ2v) is 7.65. The quantitative estimate of drug-likeness (QED) is 0.568. The molecule has 1 unspecified atom stereocenters. The fourth-order valence-corrected chi connectivity index (χ4v) is 4.34. The molecule has 0 saturated carbocycles. The van der Waals surface area contributed by atoms with Crippen LogP contribution in [0.3, 0.4) is 0 Å². The normalized spacial score (nSPS) is 19.3. The molecule has 2 aromatic rings. The van der Waals surface area contributed by atoms with Gasteiger partial charge in [-0.3, -0.25) is 4.79 Å². The third-order valence-electron chi connectivity index (χ3n) is 5.80. The molecular formula is C24H31NO2. The molecule has 1 saturated heterocycles. The Bertz CT molecular complexity index is 768. The fraction of sp³-hybridized carbons (Fsp3) is 0.458. The van der Waals surface area contributed by atoms with E-state index < -0.39 is 0 Å². The Balaban J connectivity index is 1.81. The molecule has 0 aromatic heterocycles. The summed E-state index contributed by atoms with van der Waals surface area (Å²) < 4.78 is 5.46. The molecule has 1 heterocycles. The van der Waals surface area contributed by atoms with Gasteiger partial charge in [0, 0.05) is 36.2 Å². The number of nitrogens with zero attached hydrogens (tertiary/aromatic N) is 1. The lowest BCUT2D eigenvalue weighted by Crippen LogP contribution is -2.31. The van der Waals surface area contributed by atoms with Gasteiger partial charge in [0.1, 0.15) is 5.75 Å². The smallest absolute Gasteiger partial charge is 0.162 e. The summed E-state index contributed by atoms with van der Waals surface area (Å²) in [6.45, 7) is 6.36. The number of benzene rings is 2. The molecule has 2 aromatic carbocycles. The first-order valence-corrected chi connectivity index (χ1v) is 10.1. The number of hydrogen-bond donors (Lipinski definition) is 0. The SMILES string of the molecule is CCCC(=O)c1ccc(N2CCC(CCC)(c3cccc(OC)c3)C2)cc1. The molecule has 3 rings (SSSR count). The van der Waals surface area contributed by atoms with Crippen LogP contribution in [-0.4, -0.2) is 26.0 Å². The maximum Gasteiger partial charge on any atom is 0.162 e. The number of rotatable bonds is 8. The van der Waals surface area contributed by atoms with Crippen molar-refractivity contribution in [3.63, 3.8) is 0 Å². The molecule has 3 nitrogen and oxygen atoms in total. The molecule has 1 fully saturated rings. The summed E-state index contributed by atoms with van der Waals surface area (Å²) in [5, 5.41) is 0. The molecule has 0 spiro atoms. The summed E-state index contributed by atoms with van der Waals surface area (Å²) in [7, 11) is 1.73. The highest BCUT2D eigenvalue weighted by Gasteiger charge is 2.39. The van der Waals surface area contributed by atoms with Gasteiger partial charge in [0.15, 0.2) is 5.78 Å². The molecule has 0 N–H and O–H groups in total. The zero-order valence-electron chi connectivity index (χ0n) is 16.8. The number of methoxy groups -OCH3 is 1. The van der Waals surface area contributed by atoms with Gasteiger partial charge in [0.25, 0.3) is 0 Å². The number of ether oxygens (including phenoxy) is 1. The van der Waals surface area contributed by atoms with Crippen molar-refractivity contribution in [2.24, 2.45) is 0 Å². The van der Waals surface area contributed by atoms with E-state index >= 15 is 0 Å². The number of Topliss-reactive ketones (excluding diaryl/α,β-unsaturated/α-hetero) is 1. The Kier molecular flexibility index (Phi) is 6.20. The van der Waals surface area contributed by atoms with Crippen LogP contribution in [0.5, 0.6) is 5.75 Å². The van der Waals surface area contributed by atoms with Gasteiger partial charge >= 0.3 is 0 Å². The first-order valence-electron chi connectivity index (χ1n) is 10.1. The summed E-state index contributed by atoms with van der Waals surface area (Å²) in [5.41, 5.74) is 3.58. The first kappa shape index (κ1) is 19.5. The highest BCUT2D eigenvalue weighted by Crippen LogP contribution is 2.41. The zero-order valence-corrected chi connectivity index (χ0v) is 16.8. The minimum atomic E-state index is 0.167. The van der Waals surface area contributed by atoms with E-state index in [0.29, 0.717) is 6.42 Å². The van der Waals surface area contributed by atoms with E-state index in [1.54, 1.807) is 7.11 Å². The lowest BCUT2D eigenvalue weighted by Gasteiger charge is -2.30. The molecule has 1 aliphatic heterocycles. The number of ketones is 1. The molecule has 0 amide bonds. The van der Waals surface area contributed by atoms with Crippen LogP contribution in [0.25, 0.3) is 0 Å². The van der Waals surface area contributed by atoms with Gasteiger partial charge in [-0.15, -0.1) is 0 Å². The van der Waals surface area contributed by atoms with E-state index in [1.165, 1.54) is 17.7 Å². The van der Waals surface area contributed by atoms with E-state index in [1.807, 2.05) is 25.1 Å². The number of carbonyl (C=O) groups excluding carboxylic acids is 1. The van der Waals surface area contributed by atoms with Crippen LogP contribution in [0.1, 0.15) is 61.9 Å². The van der Waals surface area contributed by atoms with Crippen molar-refractivity contribution in [1.29, 1.82) is 0 Å². The van der Waals surface area contributed by atoms with Crippen LogP contribution in [0.2, 0.25) is 0 Å². The van der Waals surface area contributed by atoms with Crippen molar-refractivity contribution in [3.05, 3.63) is 59.7 Å². The predicted octanol–water partition coefficient (Wildman–Crippen LogP) is 5.63. The van der Waals surface area contributed by atoms with Crippen molar-refractivity contribution in [1.82, 2.24) is 0 Å². The van der Waals surface area contributed by atoms with Crippen LogP contribution in [0.15, 0.2) is 48.5 Å². The number of anilines is 1. The number of carbonyl (C=O) groups is 1. The summed E-state index contributed by atoms with van der Waals surface area (Å²) in [4.78, 5) is 14.5. The molecular weight excluding hydrogens is 334 g/mol. The van der Waals surface area contributed by atoms with Crippen LogP contribution in [0.4, 0.5) is 5.69 Å². The molecule has 0 radical (unpaired) electrons. The maximum absolute atomic E-state index is 12.1. The van der Waals surface area contributed by atoms with Crippen molar-refractivity contribution in [2.45, 2.75) is 51.4 Å². The maximum atomic E-state index is 12.1. The van der Waals surface area contributed by atoms with E-state index in [4.69, 9.17) is 4.74 Å². The van der Waals surface area contributed by atoms with Crippen molar-refractivity contribution < 1.29 is 9.53 Å². The van der Waals surface area contributed by atoms with Crippen LogP contribution in [-0.2, 0) is 5.41 Å². The van der Waals surface area contributed by atoms with Crippen LogP contribution in [0, 0.1) is 0 Å². The predicted molar refractivity (Wildman–Crippen MR) is 112 cm³/mol. The van der Waals surface area contributed by atoms with E-state index in [0.717, 1.165) is 43.7 Å². The van der Waals surface area contributed by atoms with Crippen LogP contribution >= 0.6 is 0 Å². The molecule has 0 aliphatic carbocycles. The van der Waals surface area contributed by atoms with E-state index in [-0.39, 0.29) is 11.2 Å². The minimum Gasteiger partial charge on any atom is -0.497 e. The topological polar surface area (TPSA) is 29.5 Å². The van der Waals surface area contributed by atoms with Crippen molar-refractivity contribution >= 4 is 11.5 Å². The zero-order chi connectivity index (χ0) is 19.3. The largest absolute Gasteiger partial charge is 0.497 e. The number of hydrogen-bond acceptors (Lipinski definition) is 3. The summed E-state index contributed by atoms with van der Waals surface area (Å²) >= 11 is 0. The van der Waals surface area contributed by atoms with E-state index in [9.17, 15) is 4.79 Å². The molecule has 3 heteroatoms. The van der Waals surface area contributed by atoms with Gasteiger partial charge in [-0.05, 0) is 61.2 Å². The third kappa shape index (κ3) is 4.18. The highest BCUT2D eigenvalue weighted by molar-refractivity contribution is 5.96. The Labute approximate surface area is 163 Å². The van der Waals surface area contributed by atoms with Crippen molar-refractivity contribution in [2.75, 3.05) is 25.1 Å². The van der Waals surface area contributed by atoms with Gasteiger partial charge in [0.05, 0.1) is 7.11 Å². The monoisotopic (exact) mass is 365 g/mol. The standard InChI is InChI=1S/C24H31NO2/c1-4-7-23(26)19-10-12-21(13-11-19)25-16-15-24(18-25,14-5-2)20-8-6-9-22(17-20)27-3/h6,8-13,17H,4-5,7,14-16,18H2,1-3H3. The lowest BCUT2D eigenvalue weighted by molar-refractivity contribution is 0.0982. The Morgan fingerprint density at radius 3 is 2.56 bits per heavy atom. The summed E-state index contributed by atoms with van der Waals surface area (Å²) in [6, 6.07) is 16.7. The first-order chi connectivity index (χ1) is 13.1. The summed E-state index contributed by atoms with van der Waals surface area (Å²) in [5.74, 6) is 1.17. The second kappa shape index (κ2) is 8.60. The highest BCUT2D eigenvalue weighted by atomic mass is 16.5. The third-order valence-corrected chi connectivity index (χ3v) is 5.80. The second-order valence-electron chi connectivity index (χ2n) is 7.65. The van der Waals surface area contributed by atoms with E-state index in [2.05, 4.69) is 42.2 Å². The lowest BCUT2D eigenvalue weighted by atomic mass is 9.76. The Morgan fingerprint density at radius 1 is 1.11 bits per heavy atom. The molecule has 144 valence electrons. The van der Waals surface area contributed by atoms with Gasteiger partial charge in [-0.25, -0.2) is 0 Å². The summed E-state index contributed by atoms with van der Waals surface area (Å²) in [6.07, 6.45) is 5.00. The fourth-order valence-electron chi connectivity index (χ4n) is 4.34. The Hall–Kier alpha value is -2.29. The average Bonchev–Trinajstić information content (AvgIpc) is 3.14. The molecule has 1 aliphatic rings. The molecule has 0 bridgehead atoms. The Morgan fingerprint density at radius 2 is 1.89 bits per heavy atom. The molecule has 1 atom stereocenters. The van der Waals surface area contributed by atoms with Gasteiger partial charge < -0.3 is 9.64 Å². The van der Waals surface area contributed by atoms with Gasteiger partial charge in [-0.2, -0.15) is 0 Å². The van der Waals surface area contributed by atoms with Gasteiger partial charge in [0.2, 0.25) is 0 Å². The minimum absolute atomic E-state index is 0.167. The molecule has 27 heavy (non-hydrogen) atoms. The average molecular weight is 366 g/mol. The van der Waals surface area contributed by atoms with Gasteiger partial charge in [-0.1, -0.05) is 32.4 Å². The van der Waals surface area contributed by atoms with Crippen LogP contribution < -0.4 is 9.64 Å². The van der Waals surface area contributed by atoms with Crippen molar-refractivity contribution in [3.8, 4) is 5.75 Å².